The summed E-state index contributed by atoms with van der Waals surface area (Å²) >= 11 is 0. The van der Waals surface area contributed by atoms with Crippen LogP contribution >= 0.6 is 0 Å². The van der Waals surface area contributed by atoms with E-state index in [0.717, 1.165) is 11.1 Å². The van der Waals surface area contributed by atoms with Gasteiger partial charge in [0.05, 0.1) is 0 Å². The summed E-state index contributed by atoms with van der Waals surface area (Å²) < 4.78 is 6.45. The average molecular weight is 298 g/mol. The molecule has 2 aromatic carbocycles. The first kappa shape index (κ1) is 15.7. The summed E-state index contributed by atoms with van der Waals surface area (Å²) in [5.74, 6) is 0.0160. The molecule has 0 aliphatic rings. The minimum atomic E-state index is -1.94. The fraction of sp³-hybridized carbons (Fsp3) is 0.278. The topological polar surface area (TPSA) is 26.3 Å². The van der Waals surface area contributed by atoms with Crippen LogP contribution in [0.15, 0.2) is 60.7 Å². The van der Waals surface area contributed by atoms with Crippen LogP contribution in [-0.2, 0) is 14.8 Å². The number of Topliss-reactive ketones (excluding diaryl/α,β-unsaturated/α-hetero) is 1. The van der Waals surface area contributed by atoms with Gasteiger partial charge in [-0.05, 0) is 37.7 Å². The summed E-state index contributed by atoms with van der Waals surface area (Å²) in [7, 11) is -1.94. The molecule has 0 saturated heterocycles. The van der Waals surface area contributed by atoms with E-state index >= 15 is 0 Å². The Balaban J connectivity index is 2.70. The highest BCUT2D eigenvalue weighted by atomic mass is 28.4. The van der Waals surface area contributed by atoms with Crippen LogP contribution < -0.4 is 0 Å². The number of ketones is 1. The Bertz CT molecular complexity index is 561. The Kier molecular flexibility index (Phi) is 4.45. The Morgan fingerprint density at radius 1 is 0.857 bits per heavy atom. The second-order valence-electron chi connectivity index (χ2n) is 6.18. The number of benzene rings is 2. The predicted molar refractivity (Wildman–Crippen MR) is 88.8 cm³/mol. The molecule has 0 aliphatic heterocycles. The van der Waals surface area contributed by atoms with Crippen molar-refractivity contribution in [2.75, 3.05) is 0 Å². The third-order valence-electron chi connectivity index (χ3n) is 3.32. The molecule has 2 rings (SSSR count). The summed E-state index contributed by atoms with van der Waals surface area (Å²) in [5, 5.41) is 0. The van der Waals surface area contributed by atoms with E-state index in [1.807, 2.05) is 60.7 Å². The number of hydrogen-bond acceptors (Lipinski definition) is 2. The molecule has 0 saturated carbocycles. The van der Waals surface area contributed by atoms with E-state index in [1.165, 1.54) is 0 Å². The summed E-state index contributed by atoms with van der Waals surface area (Å²) in [5.41, 5.74) is 0.782. The van der Waals surface area contributed by atoms with Crippen molar-refractivity contribution in [1.29, 1.82) is 0 Å². The van der Waals surface area contributed by atoms with Crippen molar-refractivity contribution in [2.45, 2.75) is 32.2 Å². The maximum absolute atomic E-state index is 12.6. The van der Waals surface area contributed by atoms with E-state index in [0.29, 0.717) is 0 Å². The minimum absolute atomic E-state index is 0.0160. The smallest absolute Gasteiger partial charge is 0.186 e. The molecule has 3 heteroatoms. The van der Waals surface area contributed by atoms with E-state index in [2.05, 4.69) is 19.6 Å². The standard InChI is InChI=1S/C18H22O2Si/c1-15(19)18(20-21(2,3)4,16-11-7-5-8-12-16)17-13-9-6-10-14-17/h5-14H,1-4H3. The van der Waals surface area contributed by atoms with Gasteiger partial charge in [-0.15, -0.1) is 0 Å². The maximum atomic E-state index is 12.6. The van der Waals surface area contributed by atoms with Crippen molar-refractivity contribution in [2.24, 2.45) is 0 Å². The molecule has 0 heterocycles. The molecule has 2 aromatic rings. The van der Waals surface area contributed by atoms with Crippen LogP contribution in [0.2, 0.25) is 19.6 Å². The normalized spacial score (nSPS) is 12.2. The van der Waals surface area contributed by atoms with Gasteiger partial charge >= 0.3 is 0 Å². The summed E-state index contributed by atoms with van der Waals surface area (Å²) in [4.78, 5) is 12.6. The van der Waals surface area contributed by atoms with Crippen molar-refractivity contribution in [1.82, 2.24) is 0 Å². The second-order valence-corrected chi connectivity index (χ2v) is 10.6. The quantitative estimate of drug-likeness (QED) is 0.766. The van der Waals surface area contributed by atoms with E-state index < -0.39 is 13.9 Å². The number of carbonyl (C=O) groups is 1. The van der Waals surface area contributed by atoms with E-state index in [9.17, 15) is 4.79 Å². The van der Waals surface area contributed by atoms with Crippen molar-refractivity contribution in [3.63, 3.8) is 0 Å². The molecule has 0 aliphatic carbocycles. The average Bonchev–Trinajstić information content (AvgIpc) is 2.45. The van der Waals surface area contributed by atoms with Gasteiger partial charge in [-0.3, -0.25) is 4.79 Å². The fourth-order valence-corrected chi connectivity index (χ4v) is 3.87. The van der Waals surface area contributed by atoms with E-state index in [-0.39, 0.29) is 5.78 Å². The molecule has 2 nitrogen and oxygen atoms in total. The molecule has 21 heavy (non-hydrogen) atoms. The fourth-order valence-electron chi connectivity index (χ4n) is 2.57. The van der Waals surface area contributed by atoms with Crippen LogP contribution in [0.1, 0.15) is 18.1 Å². The summed E-state index contributed by atoms with van der Waals surface area (Å²) in [6.45, 7) is 7.93. The van der Waals surface area contributed by atoms with Crippen LogP contribution in [-0.4, -0.2) is 14.1 Å². The van der Waals surface area contributed by atoms with Crippen molar-refractivity contribution < 1.29 is 9.22 Å². The lowest BCUT2D eigenvalue weighted by molar-refractivity contribution is -0.130. The second kappa shape index (κ2) is 5.96. The SMILES string of the molecule is CC(=O)C(O[Si](C)(C)C)(c1ccccc1)c1ccccc1. The molecule has 0 fully saturated rings. The summed E-state index contributed by atoms with van der Waals surface area (Å²) in [6, 6.07) is 19.6. The Labute approximate surface area is 127 Å². The van der Waals surface area contributed by atoms with Crippen LogP contribution in [0, 0.1) is 0 Å². The van der Waals surface area contributed by atoms with Crippen LogP contribution in [0.3, 0.4) is 0 Å². The van der Waals surface area contributed by atoms with Gasteiger partial charge in [0.2, 0.25) is 0 Å². The largest absolute Gasteiger partial charge is 0.398 e. The Morgan fingerprint density at radius 3 is 1.52 bits per heavy atom. The van der Waals surface area contributed by atoms with Crippen molar-refractivity contribution in [3.05, 3.63) is 71.8 Å². The highest BCUT2D eigenvalue weighted by molar-refractivity contribution is 6.70. The minimum Gasteiger partial charge on any atom is -0.398 e. The molecule has 110 valence electrons. The van der Waals surface area contributed by atoms with Crippen molar-refractivity contribution in [3.8, 4) is 0 Å². The van der Waals surface area contributed by atoms with Gasteiger partial charge in [-0.2, -0.15) is 0 Å². The van der Waals surface area contributed by atoms with Crippen molar-refractivity contribution >= 4 is 14.1 Å². The number of hydrogen-bond donors (Lipinski definition) is 0. The predicted octanol–water partition coefficient (Wildman–Crippen LogP) is 4.37. The molecule has 0 radical (unpaired) electrons. The Hall–Kier alpha value is -1.71. The molecule has 0 bridgehead atoms. The zero-order valence-corrected chi connectivity index (χ0v) is 14.1. The number of carbonyl (C=O) groups excluding carboxylic acids is 1. The third kappa shape index (κ3) is 3.31. The first-order valence-electron chi connectivity index (χ1n) is 7.18. The molecular weight excluding hydrogens is 276 g/mol. The molecule has 0 amide bonds. The monoisotopic (exact) mass is 298 g/mol. The van der Waals surface area contributed by atoms with E-state index in [1.54, 1.807) is 6.92 Å². The molecule has 0 spiro atoms. The van der Waals surface area contributed by atoms with Crippen LogP contribution in [0.25, 0.3) is 0 Å². The van der Waals surface area contributed by atoms with Gasteiger partial charge in [0.25, 0.3) is 0 Å². The van der Waals surface area contributed by atoms with Crippen LogP contribution in [0.5, 0.6) is 0 Å². The lowest BCUT2D eigenvalue weighted by Gasteiger charge is -2.38. The van der Waals surface area contributed by atoms with E-state index in [4.69, 9.17) is 4.43 Å². The Morgan fingerprint density at radius 2 is 1.24 bits per heavy atom. The highest BCUT2D eigenvalue weighted by Gasteiger charge is 2.43. The molecular formula is C18H22O2Si. The first-order valence-corrected chi connectivity index (χ1v) is 10.6. The zero-order valence-electron chi connectivity index (χ0n) is 13.1. The summed E-state index contributed by atoms with van der Waals surface area (Å²) in [6.07, 6.45) is 0. The number of rotatable bonds is 5. The highest BCUT2D eigenvalue weighted by Crippen LogP contribution is 2.37. The first-order chi connectivity index (χ1) is 9.86. The molecule has 0 unspecified atom stereocenters. The maximum Gasteiger partial charge on any atom is 0.186 e. The zero-order chi connectivity index (χ0) is 15.5. The van der Waals surface area contributed by atoms with Gasteiger partial charge in [0.15, 0.2) is 19.7 Å². The van der Waals surface area contributed by atoms with Gasteiger partial charge < -0.3 is 4.43 Å². The lowest BCUT2D eigenvalue weighted by atomic mass is 9.83. The van der Waals surface area contributed by atoms with Gasteiger partial charge in [-0.25, -0.2) is 0 Å². The third-order valence-corrected chi connectivity index (χ3v) is 4.23. The van der Waals surface area contributed by atoms with Gasteiger partial charge in [-0.1, -0.05) is 60.7 Å². The van der Waals surface area contributed by atoms with Gasteiger partial charge in [0.1, 0.15) is 0 Å². The molecule has 0 atom stereocenters. The lowest BCUT2D eigenvalue weighted by Crippen LogP contribution is -2.46. The van der Waals surface area contributed by atoms with Gasteiger partial charge in [0, 0.05) is 0 Å². The van der Waals surface area contributed by atoms with Crippen LogP contribution in [0.4, 0.5) is 0 Å². The molecule has 0 N–H and O–H groups in total. The molecule has 0 aromatic heterocycles.